The lowest BCUT2D eigenvalue weighted by molar-refractivity contribution is -0.138. The SMILES string of the molecule is C[C@@H](C=O)[C@H]1NC(=O)[C@H]1CCO[Si](C)(C)C(C)(C)C. The van der Waals surface area contributed by atoms with Crippen molar-refractivity contribution in [1.82, 2.24) is 5.32 Å². The van der Waals surface area contributed by atoms with Crippen LogP contribution in [-0.4, -0.2) is 33.2 Å². The molecule has 110 valence electrons. The maximum atomic E-state index is 11.5. The van der Waals surface area contributed by atoms with Crippen LogP contribution in [0.25, 0.3) is 0 Å². The van der Waals surface area contributed by atoms with Gasteiger partial charge in [-0.15, -0.1) is 0 Å². The second-order valence-corrected chi connectivity index (χ2v) is 11.8. The van der Waals surface area contributed by atoms with E-state index >= 15 is 0 Å². The first kappa shape index (κ1) is 16.4. The quantitative estimate of drug-likeness (QED) is 0.463. The van der Waals surface area contributed by atoms with Crippen LogP contribution >= 0.6 is 0 Å². The lowest BCUT2D eigenvalue weighted by Gasteiger charge is -2.40. The van der Waals surface area contributed by atoms with Crippen molar-refractivity contribution in [2.75, 3.05) is 6.61 Å². The standard InChI is InChI=1S/C14H27NO3Si/c1-10(9-16)12-11(13(17)15-12)7-8-18-19(5,6)14(2,3)4/h9-12H,7-8H2,1-6H3,(H,15,17)/t10-,11-,12+/m0/s1. The minimum atomic E-state index is -1.74. The summed E-state index contributed by atoms with van der Waals surface area (Å²) >= 11 is 0. The van der Waals surface area contributed by atoms with E-state index in [9.17, 15) is 9.59 Å². The van der Waals surface area contributed by atoms with E-state index in [1.54, 1.807) is 0 Å². The summed E-state index contributed by atoms with van der Waals surface area (Å²) in [5.74, 6) is -0.127. The normalized spacial score (nSPS) is 25.5. The van der Waals surface area contributed by atoms with E-state index in [4.69, 9.17) is 4.43 Å². The van der Waals surface area contributed by atoms with Gasteiger partial charge < -0.3 is 14.5 Å². The second kappa shape index (κ2) is 5.75. The highest BCUT2D eigenvalue weighted by Gasteiger charge is 2.43. The van der Waals surface area contributed by atoms with Crippen molar-refractivity contribution in [2.45, 2.75) is 58.3 Å². The fourth-order valence-corrected chi connectivity index (χ4v) is 3.05. The molecule has 3 atom stereocenters. The van der Waals surface area contributed by atoms with Crippen molar-refractivity contribution in [2.24, 2.45) is 11.8 Å². The zero-order valence-corrected chi connectivity index (χ0v) is 13.9. The van der Waals surface area contributed by atoms with Crippen LogP contribution < -0.4 is 5.32 Å². The van der Waals surface area contributed by atoms with Crippen molar-refractivity contribution >= 4 is 20.5 Å². The third kappa shape index (κ3) is 3.66. The van der Waals surface area contributed by atoms with Gasteiger partial charge in [-0.25, -0.2) is 0 Å². The molecule has 1 aliphatic rings. The molecule has 1 heterocycles. The average Bonchev–Trinajstić information content (AvgIpc) is 2.29. The molecule has 0 spiro atoms. The van der Waals surface area contributed by atoms with Crippen LogP contribution in [0.2, 0.25) is 18.1 Å². The molecule has 1 amide bonds. The van der Waals surface area contributed by atoms with Gasteiger partial charge in [0, 0.05) is 18.6 Å². The van der Waals surface area contributed by atoms with Crippen LogP contribution in [0.4, 0.5) is 0 Å². The van der Waals surface area contributed by atoms with Crippen molar-refractivity contribution in [1.29, 1.82) is 0 Å². The number of carbonyl (C=O) groups is 2. The maximum absolute atomic E-state index is 11.5. The van der Waals surface area contributed by atoms with Crippen LogP contribution in [-0.2, 0) is 14.0 Å². The van der Waals surface area contributed by atoms with E-state index in [1.165, 1.54) is 0 Å². The summed E-state index contributed by atoms with van der Waals surface area (Å²) in [6.45, 7) is 13.5. The zero-order chi connectivity index (χ0) is 14.8. The van der Waals surface area contributed by atoms with Crippen LogP contribution in [0.3, 0.4) is 0 Å². The molecule has 0 unspecified atom stereocenters. The lowest BCUT2D eigenvalue weighted by atomic mass is 9.81. The fourth-order valence-electron chi connectivity index (χ4n) is 1.99. The number of amides is 1. The Morgan fingerprint density at radius 1 is 1.42 bits per heavy atom. The van der Waals surface area contributed by atoms with Crippen LogP contribution in [0.5, 0.6) is 0 Å². The second-order valence-electron chi connectivity index (χ2n) is 7.03. The number of rotatable bonds is 6. The predicted octanol–water partition coefficient (Wildman–Crippen LogP) is 2.35. The molecule has 1 rings (SSSR count). The Labute approximate surface area is 117 Å². The first-order valence-electron chi connectivity index (χ1n) is 7.00. The number of nitrogens with one attached hydrogen (secondary N) is 1. The van der Waals surface area contributed by atoms with Gasteiger partial charge in [-0.3, -0.25) is 4.79 Å². The Morgan fingerprint density at radius 2 is 2.00 bits per heavy atom. The topological polar surface area (TPSA) is 55.4 Å². The van der Waals surface area contributed by atoms with E-state index in [0.29, 0.717) is 13.0 Å². The molecule has 5 heteroatoms. The minimum Gasteiger partial charge on any atom is -0.417 e. The van der Waals surface area contributed by atoms with E-state index in [0.717, 1.165) is 6.29 Å². The summed E-state index contributed by atoms with van der Waals surface area (Å²) in [5.41, 5.74) is 0. The molecule has 0 bridgehead atoms. The molecular weight excluding hydrogens is 258 g/mol. The third-order valence-electron chi connectivity index (χ3n) is 4.56. The molecule has 0 aromatic carbocycles. The van der Waals surface area contributed by atoms with Crippen molar-refractivity contribution in [3.05, 3.63) is 0 Å². The van der Waals surface area contributed by atoms with Crippen molar-refractivity contribution in [3.63, 3.8) is 0 Å². The van der Waals surface area contributed by atoms with Crippen LogP contribution in [0, 0.1) is 11.8 Å². The van der Waals surface area contributed by atoms with Gasteiger partial charge in [0.2, 0.25) is 5.91 Å². The summed E-state index contributed by atoms with van der Waals surface area (Å²) in [5, 5.41) is 2.99. The van der Waals surface area contributed by atoms with Crippen molar-refractivity contribution < 1.29 is 14.0 Å². The van der Waals surface area contributed by atoms with Gasteiger partial charge in [0.15, 0.2) is 8.32 Å². The Kier molecular flexibility index (Phi) is 4.95. The summed E-state index contributed by atoms with van der Waals surface area (Å²) < 4.78 is 6.08. The maximum Gasteiger partial charge on any atom is 0.225 e. The molecule has 0 radical (unpaired) electrons. The number of carbonyl (C=O) groups excluding carboxylic acids is 2. The molecule has 1 aliphatic heterocycles. The molecule has 0 aromatic heterocycles. The molecule has 4 nitrogen and oxygen atoms in total. The number of β-lactam (4-membered cyclic amide) rings is 1. The molecule has 1 fully saturated rings. The first-order valence-corrected chi connectivity index (χ1v) is 9.90. The highest BCUT2D eigenvalue weighted by molar-refractivity contribution is 6.74. The van der Waals surface area contributed by atoms with Gasteiger partial charge in [-0.2, -0.15) is 0 Å². The van der Waals surface area contributed by atoms with Gasteiger partial charge in [0.05, 0.1) is 5.92 Å². The Hall–Kier alpha value is -0.683. The molecule has 1 N–H and O–H groups in total. The third-order valence-corrected chi connectivity index (χ3v) is 9.10. The van der Waals surface area contributed by atoms with Gasteiger partial charge >= 0.3 is 0 Å². The number of hydrogen-bond donors (Lipinski definition) is 1. The highest BCUT2D eigenvalue weighted by Crippen LogP contribution is 2.37. The molecule has 0 saturated carbocycles. The van der Waals surface area contributed by atoms with E-state index in [-0.39, 0.29) is 28.8 Å². The Morgan fingerprint density at radius 3 is 2.42 bits per heavy atom. The van der Waals surface area contributed by atoms with E-state index in [2.05, 4.69) is 39.2 Å². The zero-order valence-electron chi connectivity index (χ0n) is 12.9. The van der Waals surface area contributed by atoms with E-state index < -0.39 is 8.32 Å². The lowest BCUT2D eigenvalue weighted by Crippen LogP contribution is -2.61. The minimum absolute atomic E-state index is 0.00647. The summed E-state index contributed by atoms with van der Waals surface area (Å²) in [6, 6.07) is -0.00647. The number of hydrogen-bond acceptors (Lipinski definition) is 3. The first-order chi connectivity index (χ1) is 8.60. The predicted molar refractivity (Wildman–Crippen MR) is 78.4 cm³/mol. The number of aldehydes is 1. The Bertz CT molecular complexity index is 349. The highest BCUT2D eigenvalue weighted by atomic mass is 28.4. The summed E-state index contributed by atoms with van der Waals surface area (Å²) in [7, 11) is -1.74. The van der Waals surface area contributed by atoms with Crippen molar-refractivity contribution in [3.8, 4) is 0 Å². The molecular formula is C14H27NO3Si. The van der Waals surface area contributed by atoms with Gasteiger partial charge in [-0.1, -0.05) is 27.7 Å². The van der Waals surface area contributed by atoms with Crippen LogP contribution in [0.15, 0.2) is 0 Å². The smallest absolute Gasteiger partial charge is 0.225 e. The fraction of sp³-hybridized carbons (Fsp3) is 0.857. The van der Waals surface area contributed by atoms with Crippen LogP contribution in [0.1, 0.15) is 34.1 Å². The summed E-state index contributed by atoms with van der Waals surface area (Å²) in [4.78, 5) is 22.3. The molecule has 0 aromatic rings. The monoisotopic (exact) mass is 285 g/mol. The van der Waals surface area contributed by atoms with Gasteiger partial charge in [-0.05, 0) is 24.6 Å². The molecule has 1 saturated heterocycles. The Balaban J connectivity index is 2.45. The molecule has 0 aliphatic carbocycles. The summed E-state index contributed by atoms with van der Waals surface area (Å²) in [6.07, 6.45) is 1.62. The largest absolute Gasteiger partial charge is 0.417 e. The van der Waals surface area contributed by atoms with Gasteiger partial charge in [0.1, 0.15) is 6.29 Å². The molecule has 19 heavy (non-hydrogen) atoms. The average molecular weight is 285 g/mol. The van der Waals surface area contributed by atoms with E-state index in [1.807, 2.05) is 6.92 Å². The van der Waals surface area contributed by atoms with Gasteiger partial charge in [0.25, 0.3) is 0 Å².